The standard InChI is InChI=1S/C15H29NO/c1-2-11-16-14-7-9-15(10-8-14)17-12-13-5-3-4-6-13/h13-16H,2-12H2,1H3. The van der Waals surface area contributed by atoms with E-state index in [2.05, 4.69) is 12.2 Å². The monoisotopic (exact) mass is 239 g/mol. The minimum Gasteiger partial charge on any atom is -0.378 e. The molecule has 2 saturated carbocycles. The van der Waals surface area contributed by atoms with E-state index >= 15 is 0 Å². The van der Waals surface area contributed by atoms with Crippen molar-refractivity contribution in [2.45, 2.75) is 76.9 Å². The minimum absolute atomic E-state index is 0.565. The van der Waals surface area contributed by atoms with Crippen LogP contribution in [-0.2, 0) is 4.74 Å². The van der Waals surface area contributed by atoms with E-state index in [0.29, 0.717) is 6.10 Å². The summed E-state index contributed by atoms with van der Waals surface area (Å²) in [5, 5.41) is 3.63. The maximum absolute atomic E-state index is 6.09. The lowest BCUT2D eigenvalue weighted by Gasteiger charge is -2.30. The van der Waals surface area contributed by atoms with Gasteiger partial charge in [-0.15, -0.1) is 0 Å². The third-order valence-electron chi connectivity index (χ3n) is 4.40. The zero-order chi connectivity index (χ0) is 11.9. The molecule has 2 fully saturated rings. The fourth-order valence-corrected chi connectivity index (χ4v) is 3.23. The zero-order valence-corrected chi connectivity index (χ0v) is 11.4. The summed E-state index contributed by atoms with van der Waals surface area (Å²) >= 11 is 0. The van der Waals surface area contributed by atoms with Crippen molar-refractivity contribution in [1.29, 1.82) is 0 Å². The number of rotatable bonds is 6. The first kappa shape index (κ1) is 13.4. The van der Waals surface area contributed by atoms with E-state index in [1.807, 2.05) is 0 Å². The van der Waals surface area contributed by atoms with E-state index in [1.165, 1.54) is 64.3 Å². The zero-order valence-electron chi connectivity index (χ0n) is 11.4. The van der Waals surface area contributed by atoms with Gasteiger partial charge < -0.3 is 10.1 Å². The van der Waals surface area contributed by atoms with Gasteiger partial charge in [0.15, 0.2) is 0 Å². The molecular formula is C15H29NO. The molecule has 0 saturated heterocycles. The summed E-state index contributed by atoms with van der Waals surface area (Å²) in [4.78, 5) is 0. The van der Waals surface area contributed by atoms with E-state index in [0.717, 1.165) is 18.6 Å². The van der Waals surface area contributed by atoms with E-state index in [1.54, 1.807) is 0 Å². The van der Waals surface area contributed by atoms with E-state index in [4.69, 9.17) is 4.74 Å². The van der Waals surface area contributed by atoms with Crippen LogP contribution in [0.1, 0.15) is 64.7 Å². The second-order valence-electron chi connectivity index (χ2n) is 5.91. The molecule has 0 amide bonds. The molecule has 2 aliphatic rings. The summed E-state index contributed by atoms with van der Waals surface area (Å²) in [7, 11) is 0. The van der Waals surface area contributed by atoms with E-state index < -0.39 is 0 Å². The lowest BCUT2D eigenvalue weighted by molar-refractivity contribution is 0.00407. The van der Waals surface area contributed by atoms with Crippen molar-refractivity contribution in [2.75, 3.05) is 13.2 Å². The quantitative estimate of drug-likeness (QED) is 0.766. The first-order chi connectivity index (χ1) is 8.38. The molecular weight excluding hydrogens is 210 g/mol. The van der Waals surface area contributed by atoms with Gasteiger partial charge in [-0.05, 0) is 57.4 Å². The summed E-state index contributed by atoms with van der Waals surface area (Å²) in [6, 6.07) is 0.765. The summed E-state index contributed by atoms with van der Waals surface area (Å²) in [5.74, 6) is 0.880. The van der Waals surface area contributed by atoms with Gasteiger partial charge in [-0.25, -0.2) is 0 Å². The van der Waals surface area contributed by atoms with Crippen LogP contribution in [0.5, 0.6) is 0 Å². The molecule has 0 unspecified atom stereocenters. The highest BCUT2D eigenvalue weighted by molar-refractivity contribution is 4.78. The van der Waals surface area contributed by atoms with Crippen LogP contribution < -0.4 is 5.32 Å². The SMILES string of the molecule is CCCNC1CCC(OCC2CCCC2)CC1. The predicted molar refractivity (Wildman–Crippen MR) is 72.2 cm³/mol. The Hall–Kier alpha value is -0.0800. The highest BCUT2D eigenvalue weighted by Crippen LogP contribution is 2.27. The number of hydrogen-bond donors (Lipinski definition) is 1. The van der Waals surface area contributed by atoms with Crippen LogP contribution >= 0.6 is 0 Å². The molecule has 0 atom stereocenters. The first-order valence-corrected chi connectivity index (χ1v) is 7.73. The van der Waals surface area contributed by atoms with Crippen molar-refractivity contribution in [3.63, 3.8) is 0 Å². The molecule has 0 bridgehead atoms. The van der Waals surface area contributed by atoms with Gasteiger partial charge in [0, 0.05) is 12.6 Å². The second kappa shape index (κ2) is 7.38. The molecule has 0 aromatic heterocycles. The van der Waals surface area contributed by atoms with Crippen LogP contribution in [0.15, 0.2) is 0 Å². The summed E-state index contributed by atoms with van der Waals surface area (Å²) in [6.07, 6.45) is 12.7. The van der Waals surface area contributed by atoms with Gasteiger partial charge in [-0.1, -0.05) is 19.8 Å². The minimum atomic E-state index is 0.565. The molecule has 1 N–H and O–H groups in total. The van der Waals surface area contributed by atoms with Gasteiger partial charge in [-0.2, -0.15) is 0 Å². The van der Waals surface area contributed by atoms with Gasteiger partial charge in [0.05, 0.1) is 6.10 Å². The Morgan fingerprint density at radius 3 is 2.35 bits per heavy atom. The maximum Gasteiger partial charge on any atom is 0.0576 e. The summed E-state index contributed by atoms with van der Waals surface area (Å²) in [6.45, 7) is 4.46. The first-order valence-electron chi connectivity index (χ1n) is 7.73. The highest BCUT2D eigenvalue weighted by Gasteiger charge is 2.23. The second-order valence-corrected chi connectivity index (χ2v) is 5.91. The Morgan fingerprint density at radius 1 is 1.00 bits per heavy atom. The Kier molecular flexibility index (Phi) is 5.79. The van der Waals surface area contributed by atoms with Crippen LogP contribution in [0, 0.1) is 5.92 Å². The fourth-order valence-electron chi connectivity index (χ4n) is 3.23. The normalized spacial score (nSPS) is 30.9. The third kappa shape index (κ3) is 4.59. The third-order valence-corrected chi connectivity index (χ3v) is 4.40. The molecule has 0 radical (unpaired) electrons. The molecule has 2 aliphatic carbocycles. The smallest absolute Gasteiger partial charge is 0.0576 e. The number of hydrogen-bond acceptors (Lipinski definition) is 2. The fraction of sp³-hybridized carbons (Fsp3) is 1.00. The van der Waals surface area contributed by atoms with Crippen molar-refractivity contribution in [1.82, 2.24) is 5.32 Å². The van der Waals surface area contributed by atoms with Crippen LogP contribution in [0.25, 0.3) is 0 Å². The van der Waals surface area contributed by atoms with Crippen molar-refractivity contribution >= 4 is 0 Å². The van der Waals surface area contributed by atoms with Crippen molar-refractivity contribution in [2.24, 2.45) is 5.92 Å². The highest BCUT2D eigenvalue weighted by atomic mass is 16.5. The van der Waals surface area contributed by atoms with Gasteiger partial charge in [0.25, 0.3) is 0 Å². The topological polar surface area (TPSA) is 21.3 Å². The molecule has 2 nitrogen and oxygen atoms in total. The average molecular weight is 239 g/mol. The van der Waals surface area contributed by atoms with Crippen molar-refractivity contribution in [3.05, 3.63) is 0 Å². The van der Waals surface area contributed by atoms with Crippen molar-refractivity contribution in [3.8, 4) is 0 Å². The molecule has 100 valence electrons. The maximum atomic E-state index is 6.09. The molecule has 2 rings (SSSR count). The van der Waals surface area contributed by atoms with Gasteiger partial charge in [0.2, 0.25) is 0 Å². The molecule has 0 spiro atoms. The molecule has 0 aromatic carbocycles. The molecule has 0 aromatic rings. The van der Waals surface area contributed by atoms with Gasteiger partial charge >= 0.3 is 0 Å². The van der Waals surface area contributed by atoms with Gasteiger partial charge in [0.1, 0.15) is 0 Å². The van der Waals surface area contributed by atoms with Crippen LogP contribution in [0.2, 0.25) is 0 Å². The molecule has 17 heavy (non-hydrogen) atoms. The van der Waals surface area contributed by atoms with Crippen LogP contribution in [-0.4, -0.2) is 25.3 Å². The molecule has 2 heteroatoms. The van der Waals surface area contributed by atoms with Crippen LogP contribution in [0.3, 0.4) is 0 Å². The largest absolute Gasteiger partial charge is 0.378 e. The lowest BCUT2D eigenvalue weighted by atomic mass is 9.93. The Balaban J connectivity index is 1.55. The Bertz CT molecular complexity index is 193. The Morgan fingerprint density at radius 2 is 1.71 bits per heavy atom. The average Bonchev–Trinajstić information content (AvgIpc) is 2.88. The molecule has 0 heterocycles. The predicted octanol–water partition coefficient (Wildman–Crippen LogP) is 3.50. The summed E-state index contributed by atoms with van der Waals surface area (Å²) in [5.41, 5.74) is 0. The lowest BCUT2D eigenvalue weighted by Crippen LogP contribution is -2.36. The number of ether oxygens (including phenoxy) is 1. The Labute approximate surface area is 107 Å². The van der Waals surface area contributed by atoms with E-state index in [-0.39, 0.29) is 0 Å². The van der Waals surface area contributed by atoms with E-state index in [9.17, 15) is 0 Å². The van der Waals surface area contributed by atoms with Crippen molar-refractivity contribution < 1.29 is 4.74 Å². The number of nitrogens with one attached hydrogen (secondary N) is 1. The van der Waals surface area contributed by atoms with Crippen LogP contribution in [0.4, 0.5) is 0 Å². The molecule has 0 aliphatic heterocycles. The summed E-state index contributed by atoms with van der Waals surface area (Å²) < 4.78 is 6.09. The van der Waals surface area contributed by atoms with Gasteiger partial charge in [-0.3, -0.25) is 0 Å².